The Kier molecular flexibility index (Phi) is 4.02. The van der Waals surface area contributed by atoms with E-state index in [1.54, 1.807) is 4.90 Å². The molecular weight excluding hydrogens is 244 g/mol. The van der Waals surface area contributed by atoms with Gasteiger partial charge >= 0.3 is 12.0 Å². The van der Waals surface area contributed by atoms with E-state index in [4.69, 9.17) is 5.11 Å². The molecule has 0 bridgehead atoms. The minimum atomic E-state index is -0.788. The predicted molar refractivity (Wildman–Crippen MR) is 71.8 cm³/mol. The molecule has 1 unspecified atom stereocenters. The van der Waals surface area contributed by atoms with Gasteiger partial charge in [-0.25, -0.2) is 4.79 Å². The van der Waals surface area contributed by atoms with Crippen molar-refractivity contribution in [1.29, 1.82) is 0 Å². The van der Waals surface area contributed by atoms with E-state index in [0.29, 0.717) is 24.9 Å². The summed E-state index contributed by atoms with van der Waals surface area (Å²) in [7, 11) is 0. The third kappa shape index (κ3) is 2.85. The highest BCUT2D eigenvalue weighted by molar-refractivity contribution is 5.78. The number of hydrogen-bond acceptors (Lipinski definition) is 2. The van der Waals surface area contributed by atoms with Crippen molar-refractivity contribution in [2.75, 3.05) is 26.2 Å². The van der Waals surface area contributed by atoms with Crippen LogP contribution in [-0.4, -0.2) is 53.1 Å². The van der Waals surface area contributed by atoms with Gasteiger partial charge in [-0.1, -0.05) is 20.8 Å². The number of carbonyl (C=O) groups excluding carboxylic acids is 1. The number of aliphatic carboxylic acids is 1. The van der Waals surface area contributed by atoms with Crippen LogP contribution in [0.5, 0.6) is 0 Å². The van der Waals surface area contributed by atoms with Gasteiger partial charge in [0.1, 0.15) is 0 Å². The first-order valence-corrected chi connectivity index (χ1v) is 7.16. The monoisotopic (exact) mass is 268 g/mol. The van der Waals surface area contributed by atoms with E-state index in [0.717, 1.165) is 19.5 Å². The predicted octanol–water partition coefficient (Wildman–Crippen LogP) is 1.74. The second-order valence-electron chi connectivity index (χ2n) is 6.35. The lowest BCUT2D eigenvalue weighted by Gasteiger charge is -2.25. The van der Waals surface area contributed by atoms with Crippen molar-refractivity contribution in [2.45, 2.75) is 27.2 Å². The number of hydrogen-bond donors (Lipinski definition) is 1. The number of carboxylic acid groups (broad SMARTS) is 1. The van der Waals surface area contributed by atoms with Crippen molar-refractivity contribution in [1.82, 2.24) is 9.80 Å². The second-order valence-corrected chi connectivity index (χ2v) is 6.35. The summed E-state index contributed by atoms with van der Waals surface area (Å²) < 4.78 is 0. The van der Waals surface area contributed by atoms with Gasteiger partial charge in [0.05, 0.1) is 5.92 Å². The van der Waals surface area contributed by atoms with Crippen LogP contribution in [0.4, 0.5) is 4.79 Å². The molecule has 0 aromatic heterocycles. The van der Waals surface area contributed by atoms with Gasteiger partial charge in [0, 0.05) is 26.2 Å². The molecule has 0 radical (unpaired) electrons. The molecule has 2 fully saturated rings. The lowest BCUT2D eigenvalue weighted by molar-refractivity contribution is -0.142. The Bertz CT molecular complexity index is 370. The standard InChI is InChI=1S/C14H24N2O3/c1-9(2)11-4-5-15(7-11)14(19)16-6-10(3)12(8-16)13(17)18/h9-12H,4-8H2,1-3H3,(H,17,18)/t10-,11?,12-/m1/s1. The first kappa shape index (κ1) is 14.2. The molecule has 2 heterocycles. The first-order chi connectivity index (χ1) is 8.90. The third-order valence-corrected chi connectivity index (χ3v) is 4.64. The molecule has 19 heavy (non-hydrogen) atoms. The fraction of sp³-hybridized carbons (Fsp3) is 0.857. The summed E-state index contributed by atoms with van der Waals surface area (Å²) in [6.07, 6.45) is 1.06. The Hall–Kier alpha value is -1.26. The Labute approximate surface area is 114 Å². The van der Waals surface area contributed by atoms with E-state index in [2.05, 4.69) is 13.8 Å². The van der Waals surface area contributed by atoms with Gasteiger partial charge in [-0.3, -0.25) is 4.79 Å². The quantitative estimate of drug-likeness (QED) is 0.829. The van der Waals surface area contributed by atoms with E-state index in [9.17, 15) is 9.59 Å². The number of urea groups is 1. The average molecular weight is 268 g/mol. The molecule has 2 rings (SSSR count). The molecule has 1 N–H and O–H groups in total. The van der Waals surface area contributed by atoms with Crippen molar-refractivity contribution in [3.8, 4) is 0 Å². The second kappa shape index (κ2) is 5.39. The highest BCUT2D eigenvalue weighted by Gasteiger charge is 2.39. The molecule has 5 heteroatoms. The molecule has 0 saturated carbocycles. The maximum atomic E-state index is 12.4. The molecule has 0 aliphatic carbocycles. The molecule has 2 aliphatic heterocycles. The van der Waals surface area contributed by atoms with Gasteiger partial charge in [0.25, 0.3) is 0 Å². The summed E-state index contributed by atoms with van der Waals surface area (Å²) in [5.74, 6) is 0.0305. The van der Waals surface area contributed by atoms with Crippen molar-refractivity contribution in [3.05, 3.63) is 0 Å². The summed E-state index contributed by atoms with van der Waals surface area (Å²) >= 11 is 0. The first-order valence-electron chi connectivity index (χ1n) is 7.16. The topological polar surface area (TPSA) is 60.9 Å². The maximum Gasteiger partial charge on any atom is 0.320 e. The van der Waals surface area contributed by atoms with Crippen LogP contribution < -0.4 is 0 Å². The van der Waals surface area contributed by atoms with E-state index < -0.39 is 11.9 Å². The van der Waals surface area contributed by atoms with Crippen LogP contribution in [0.15, 0.2) is 0 Å². The fourth-order valence-corrected chi connectivity index (χ4v) is 3.15. The Morgan fingerprint density at radius 3 is 2.32 bits per heavy atom. The smallest absolute Gasteiger partial charge is 0.320 e. The van der Waals surface area contributed by atoms with Gasteiger partial charge < -0.3 is 14.9 Å². The molecule has 0 aromatic rings. The molecule has 2 aliphatic rings. The number of rotatable bonds is 2. The molecule has 108 valence electrons. The highest BCUT2D eigenvalue weighted by atomic mass is 16.4. The van der Waals surface area contributed by atoms with Crippen LogP contribution in [0.1, 0.15) is 27.2 Å². The normalized spacial score (nSPS) is 31.3. The van der Waals surface area contributed by atoms with Crippen LogP contribution in [0, 0.1) is 23.7 Å². The summed E-state index contributed by atoms with van der Waals surface area (Å²) in [4.78, 5) is 27.1. The van der Waals surface area contributed by atoms with Crippen molar-refractivity contribution in [3.63, 3.8) is 0 Å². The van der Waals surface area contributed by atoms with Gasteiger partial charge in [-0.15, -0.1) is 0 Å². The summed E-state index contributed by atoms with van der Waals surface area (Å²) in [6, 6.07) is 0.0266. The molecular formula is C14H24N2O3. The minimum absolute atomic E-state index is 0.0266. The summed E-state index contributed by atoms with van der Waals surface area (Å²) in [5.41, 5.74) is 0. The fourth-order valence-electron chi connectivity index (χ4n) is 3.15. The van der Waals surface area contributed by atoms with Gasteiger partial charge in [0.2, 0.25) is 0 Å². The molecule has 0 aromatic carbocycles. The molecule has 3 atom stereocenters. The maximum absolute atomic E-state index is 12.4. The Morgan fingerprint density at radius 2 is 1.84 bits per heavy atom. The number of nitrogens with zero attached hydrogens (tertiary/aromatic N) is 2. The molecule has 2 amide bonds. The van der Waals surface area contributed by atoms with Crippen molar-refractivity contribution in [2.24, 2.45) is 23.7 Å². The van der Waals surface area contributed by atoms with Crippen molar-refractivity contribution >= 4 is 12.0 Å². The van der Waals surface area contributed by atoms with E-state index in [1.165, 1.54) is 0 Å². The van der Waals surface area contributed by atoms with Crippen LogP contribution in [0.25, 0.3) is 0 Å². The number of carboxylic acids is 1. The Balaban J connectivity index is 1.93. The average Bonchev–Trinajstić information content (AvgIpc) is 2.94. The minimum Gasteiger partial charge on any atom is -0.481 e. The number of likely N-dealkylation sites (tertiary alicyclic amines) is 2. The summed E-state index contributed by atoms with van der Waals surface area (Å²) in [5, 5.41) is 9.11. The van der Waals surface area contributed by atoms with Crippen LogP contribution in [0.3, 0.4) is 0 Å². The van der Waals surface area contributed by atoms with E-state index >= 15 is 0 Å². The lowest BCUT2D eigenvalue weighted by atomic mass is 9.95. The zero-order chi connectivity index (χ0) is 14.2. The van der Waals surface area contributed by atoms with Gasteiger partial charge in [-0.05, 0) is 24.2 Å². The highest BCUT2D eigenvalue weighted by Crippen LogP contribution is 2.28. The number of amides is 2. The zero-order valence-corrected chi connectivity index (χ0v) is 12.0. The van der Waals surface area contributed by atoms with Crippen molar-refractivity contribution < 1.29 is 14.7 Å². The number of carbonyl (C=O) groups is 2. The van der Waals surface area contributed by atoms with Gasteiger partial charge in [-0.2, -0.15) is 0 Å². The molecule has 2 saturated heterocycles. The Morgan fingerprint density at radius 1 is 1.16 bits per heavy atom. The lowest BCUT2D eigenvalue weighted by Crippen LogP contribution is -2.41. The SMILES string of the molecule is CC(C)C1CCN(C(=O)N2C[C@@H](C)[C@H](C(=O)O)C2)C1. The third-order valence-electron chi connectivity index (χ3n) is 4.64. The summed E-state index contributed by atoms with van der Waals surface area (Å²) in [6.45, 7) is 8.85. The van der Waals surface area contributed by atoms with Crippen LogP contribution in [-0.2, 0) is 4.79 Å². The van der Waals surface area contributed by atoms with Gasteiger partial charge in [0.15, 0.2) is 0 Å². The molecule has 0 spiro atoms. The van der Waals surface area contributed by atoms with Crippen LogP contribution in [0.2, 0.25) is 0 Å². The molecule has 5 nitrogen and oxygen atoms in total. The zero-order valence-electron chi connectivity index (χ0n) is 12.0. The largest absolute Gasteiger partial charge is 0.481 e. The van der Waals surface area contributed by atoms with E-state index in [1.807, 2.05) is 11.8 Å². The van der Waals surface area contributed by atoms with E-state index in [-0.39, 0.29) is 11.9 Å². The van der Waals surface area contributed by atoms with Crippen LogP contribution >= 0.6 is 0 Å².